The largest absolute Gasteiger partial charge is 0.756 e. The standard InChI is InChI=1S/C40H74NO8P/c1-6-8-10-12-14-16-18-20-22-24-26-28-30-32-39(42)46-36-38(37-48-50(44,45)47-35-34-41(3,4)5)49-40(43)33-31-29-27-25-23-21-19-17-15-13-11-9-7-2/h9,11,15,17,21,23,38H,6-8,10,12-14,16,18-20,22,24-37H2,1-5H3/b11-9-,17-15-,23-21-. The summed E-state index contributed by atoms with van der Waals surface area (Å²) in [5, 5.41) is 0. The lowest BCUT2D eigenvalue weighted by atomic mass is 10.0. The Morgan fingerprint density at radius 2 is 1.14 bits per heavy atom. The maximum absolute atomic E-state index is 12.6. The van der Waals surface area contributed by atoms with Gasteiger partial charge < -0.3 is 27.9 Å². The second kappa shape index (κ2) is 33.1. The fraction of sp³-hybridized carbons (Fsp3) is 0.800. The highest BCUT2D eigenvalue weighted by Gasteiger charge is 2.21. The highest BCUT2D eigenvalue weighted by atomic mass is 31.2. The molecule has 0 aliphatic carbocycles. The van der Waals surface area contributed by atoms with Gasteiger partial charge in [0.25, 0.3) is 7.82 Å². The predicted molar refractivity (Wildman–Crippen MR) is 204 cm³/mol. The number of nitrogens with zero attached hydrogens (tertiary/aromatic N) is 1. The SMILES string of the molecule is CC/C=C\C/C=C\C/C=C\CCCCCC(=O)OC(COC(=O)CCCCCCCCCCCCCCC)COP(=O)([O-])OCC[N+](C)(C)C. The topological polar surface area (TPSA) is 111 Å². The number of carbonyl (C=O) groups excluding carboxylic acids is 2. The molecule has 0 aliphatic rings. The van der Waals surface area contributed by atoms with E-state index in [4.69, 9.17) is 18.5 Å². The Hall–Kier alpha value is -1.77. The molecule has 0 N–H and O–H groups in total. The van der Waals surface area contributed by atoms with Gasteiger partial charge in [0.1, 0.15) is 19.8 Å². The Kier molecular flexibility index (Phi) is 31.9. The van der Waals surface area contributed by atoms with E-state index in [0.717, 1.165) is 57.8 Å². The van der Waals surface area contributed by atoms with Crippen molar-refractivity contribution in [3.63, 3.8) is 0 Å². The van der Waals surface area contributed by atoms with E-state index in [0.29, 0.717) is 17.4 Å². The van der Waals surface area contributed by atoms with Gasteiger partial charge in [0.15, 0.2) is 6.10 Å². The number of esters is 2. The van der Waals surface area contributed by atoms with Crippen LogP contribution in [-0.4, -0.2) is 70.0 Å². The summed E-state index contributed by atoms with van der Waals surface area (Å²) in [5.41, 5.74) is 0. The Morgan fingerprint density at radius 3 is 1.70 bits per heavy atom. The van der Waals surface area contributed by atoms with Crippen LogP contribution in [0.25, 0.3) is 0 Å². The molecule has 0 spiro atoms. The van der Waals surface area contributed by atoms with Crippen LogP contribution in [0.15, 0.2) is 36.5 Å². The number of hydrogen-bond donors (Lipinski definition) is 0. The molecule has 0 aromatic heterocycles. The van der Waals surface area contributed by atoms with Crippen molar-refractivity contribution < 1.29 is 42.1 Å². The van der Waals surface area contributed by atoms with E-state index in [1.54, 1.807) is 0 Å². The molecule has 2 atom stereocenters. The predicted octanol–water partition coefficient (Wildman–Crippen LogP) is 9.94. The summed E-state index contributed by atoms with van der Waals surface area (Å²) in [5.74, 6) is -0.869. The van der Waals surface area contributed by atoms with E-state index < -0.39 is 32.5 Å². The zero-order valence-corrected chi connectivity index (χ0v) is 33.5. The third kappa shape index (κ3) is 36.0. The molecule has 10 heteroatoms. The van der Waals surface area contributed by atoms with Crippen molar-refractivity contribution in [2.75, 3.05) is 47.5 Å². The first-order chi connectivity index (χ1) is 24.0. The molecular weight excluding hydrogens is 653 g/mol. The number of likely N-dealkylation sites (N-methyl/N-ethyl adjacent to an activating group) is 1. The van der Waals surface area contributed by atoms with Gasteiger partial charge >= 0.3 is 11.9 Å². The second-order valence-corrected chi connectivity index (χ2v) is 15.7. The average molecular weight is 728 g/mol. The van der Waals surface area contributed by atoms with Crippen LogP contribution in [0.3, 0.4) is 0 Å². The van der Waals surface area contributed by atoms with Crippen LogP contribution < -0.4 is 4.89 Å². The number of carbonyl (C=O) groups is 2. The van der Waals surface area contributed by atoms with E-state index >= 15 is 0 Å². The number of rotatable bonds is 35. The van der Waals surface area contributed by atoms with Crippen LogP contribution in [-0.2, 0) is 32.7 Å². The number of ether oxygens (including phenoxy) is 2. The second-order valence-electron chi connectivity index (χ2n) is 14.3. The van der Waals surface area contributed by atoms with Gasteiger partial charge in [0.05, 0.1) is 27.7 Å². The Labute approximate surface area is 306 Å². The number of unbranched alkanes of at least 4 members (excludes halogenated alkanes) is 15. The van der Waals surface area contributed by atoms with Crippen LogP contribution in [0.5, 0.6) is 0 Å². The van der Waals surface area contributed by atoms with Crippen LogP contribution in [0.4, 0.5) is 0 Å². The summed E-state index contributed by atoms with van der Waals surface area (Å²) < 4.78 is 33.7. The quantitative estimate of drug-likeness (QED) is 0.0209. The van der Waals surface area contributed by atoms with Crippen LogP contribution in [0.2, 0.25) is 0 Å². The molecule has 0 aromatic rings. The lowest BCUT2D eigenvalue weighted by Gasteiger charge is -2.28. The summed E-state index contributed by atoms with van der Waals surface area (Å²) >= 11 is 0. The van der Waals surface area contributed by atoms with Gasteiger partial charge in [-0.15, -0.1) is 0 Å². The first-order valence-corrected chi connectivity index (χ1v) is 21.2. The molecule has 9 nitrogen and oxygen atoms in total. The van der Waals surface area contributed by atoms with Crippen molar-refractivity contribution >= 4 is 19.8 Å². The van der Waals surface area contributed by atoms with E-state index in [1.807, 2.05) is 21.1 Å². The summed E-state index contributed by atoms with van der Waals surface area (Å²) in [6.45, 7) is 4.06. The van der Waals surface area contributed by atoms with Gasteiger partial charge in [-0.2, -0.15) is 0 Å². The fourth-order valence-electron chi connectivity index (χ4n) is 5.08. The lowest BCUT2D eigenvalue weighted by molar-refractivity contribution is -0.870. The van der Waals surface area contributed by atoms with Gasteiger partial charge in [-0.05, 0) is 44.9 Å². The minimum atomic E-state index is -4.62. The average Bonchev–Trinajstić information content (AvgIpc) is 3.06. The van der Waals surface area contributed by atoms with Crippen molar-refractivity contribution in [2.24, 2.45) is 0 Å². The molecule has 0 bridgehead atoms. The zero-order chi connectivity index (χ0) is 37.2. The number of phosphoric ester groups is 1. The van der Waals surface area contributed by atoms with Crippen molar-refractivity contribution in [1.82, 2.24) is 0 Å². The first kappa shape index (κ1) is 48.2. The van der Waals surface area contributed by atoms with Gasteiger partial charge in [-0.25, -0.2) is 0 Å². The Morgan fingerprint density at radius 1 is 0.640 bits per heavy atom. The molecule has 0 saturated carbocycles. The van der Waals surface area contributed by atoms with Crippen molar-refractivity contribution in [1.29, 1.82) is 0 Å². The molecule has 0 saturated heterocycles. The summed E-state index contributed by atoms with van der Waals surface area (Å²) in [6.07, 6.45) is 34.6. The Bertz CT molecular complexity index is 959. The first-order valence-electron chi connectivity index (χ1n) is 19.7. The number of hydrogen-bond acceptors (Lipinski definition) is 8. The minimum Gasteiger partial charge on any atom is -0.756 e. The van der Waals surface area contributed by atoms with E-state index in [-0.39, 0.29) is 26.1 Å². The van der Waals surface area contributed by atoms with E-state index in [1.165, 1.54) is 64.2 Å². The molecule has 292 valence electrons. The molecule has 2 unspecified atom stereocenters. The van der Waals surface area contributed by atoms with Crippen LogP contribution in [0.1, 0.15) is 155 Å². The molecule has 0 fully saturated rings. The monoisotopic (exact) mass is 728 g/mol. The molecule has 50 heavy (non-hydrogen) atoms. The van der Waals surface area contributed by atoms with Crippen LogP contribution >= 0.6 is 7.82 Å². The number of phosphoric acid groups is 1. The molecule has 0 aliphatic heterocycles. The maximum Gasteiger partial charge on any atom is 0.306 e. The highest BCUT2D eigenvalue weighted by molar-refractivity contribution is 7.45. The molecule has 0 rings (SSSR count). The summed E-state index contributed by atoms with van der Waals surface area (Å²) in [4.78, 5) is 37.3. The van der Waals surface area contributed by atoms with Crippen LogP contribution in [0, 0.1) is 0 Å². The zero-order valence-electron chi connectivity index (χ0n) is 32.6. The summed E-state index contributed by atoms with van der Waals surface area (Å²) in [6, 6.07) is 0. The van der Waals surface area contributed by atoms with Gasteiger partial charge in [0.2, 0.25) is 0 Å². The Balaban J connectivity index is 4.47. The maximum atomic E-state index is 12.6. The third-order valence-electron chi connectivity index (χ3n) is 8.17. The third-order valence-corrected chi connectivity index (χ3v) is 9.14. The van der Waals surface area contributed by atoms with E-state index in [2.05, 4.69) is 50.3 Å². The van der Waals surface area contributed by atoms with E-state index in [9.17, 15) is 19.0 Å². The van der Waals surface area contributed by atoms with Crippen molar-refractivity contribution in [3.05, 3.63) is 36.5 Å². The van der Waals surface area contributed by atoms with Gasteiger partial charge in [0, 0.05) is 12.8 Å². The molecule has 0 heterocycles. The highest BCUT2D eigenvalue weighted by Crippen LogP contribution is 2.38. The normalized spacial score (nSPS) is 14.1. The molecule has 0 aromatic carbocycles. The smallest absolute Gasteiger partial charge is 0.306 e. The van der Waals surface area contributed by atoms with Crippen molar-refractivity contribution in [3.8, 4) is 0 Å². The van der Waals surface area contributed by atoms with Crippen molar-refractivity contribution in [2.45, 2.75) is 161 Å². The molecule has 0 radical (unpaired) electrons. The summed E-state index contributed by atoms with van der Waals surface area (Å²) in [7, 11) is 1.14. The molecule has 0 amide bonds. The minimum absolute atomic E-state index is 0.0363. The number of allylic oxidation sites excluding steroid dienone is 6. The number of quaternary nitrogens is 1. The lowest BCUT2D eigenvalue weighted by Crippen LogP contribution is -2.37. The van der Waals surface area contributed by atoms with Gasteiger partial charge in [-0.3, -0.25) is 14.2 Å². The fourth-order valence-corrected chi connectivity index (χ4v) is 5.81. The molecular formula is C40H74NO8P. The van der Waals surface area contributed by atoms with Gasteiger partial charge in [-0.1, -0.05) is 134 Å².